The van der Waals surface area contributed by atoms with Gasteiger partial charge >= 0.3 is 0 Å². The van der Waals surface area contributed by atoms with E-state index >= 15 is 0 Å². The Balaban J connectivity index is 1.73. The number of aryl methyl sites for hydroxylation is 1. The largest absolute Gasteiger partial charge is 0.495 e. The highest BCUT2D eigenvalue weighted by atomic mass is 35.5. The number of amides is 1. The maximum absolute atomic E-state index is 12.8. The van der Waals surface area contributed by atoms with E-state index in [0.717, 1.165) is 23.5 Å². The van der Waals surface area contributed by atoms with Gasteiger partial charge in [0.2, 0.25) is 15.7 Å². The zero-order valence-corrected chi connectivity index (χ0v) is 18.9. The summed E-state index contributed by atoms with van der Waals surface area (Å²) in [6, 6.07) is 11.2. The summed E-state index contributed by atoms with van der Waals surface area (Å²) < 4.78 is 30.6. The predicted octanol–water partition coefficient (Wildman–Crippen LogP) is 3.30. The first kappa shape index (κ1) is 22.9. The molecule has 11 heteroatoms. The normalized spacial score (nSPS) is 11.2. The van der Waals surface area contributed by atoms with Crippen molar-refractivity contribution in [2.45, 2.75) is 21.9 Å². The number of aromatic amines is 1. The number of nitrogens with one attached hydrogen (secondary N) is 2. The third-order valence-electron chi connectivity index (χ3n) is 4.11. The van der Waals surface area contributed by atoms with Gasteiger partial charge in [-0.3, -0.25) is 9.59 Å². The van der Waals surface area contributed by atoms with Crippen LogP contribution >= 0.6 is 23.4 Å². The van der Waals surface area contributed by atoms with Crippen molar-refractivity contribution in [1.29, 1.82) is 0 Å². The number of thioether (sulfide) groups is 1. The van der Waals surface area contributed by atoms with E-state index in [2.05, 4.69) is 15.3 Å². The van der Waals surface area contributed by atoms with Crippen LogP contribution in [-0.4, -0.2) is 37.2 Å². The highest BCUT2D eigenvalue weighted by Crippen LogP contribution is 2.29. The number of sulfone groups is 1. The monoisotopic (exact) mass is 479 g/mol. The van der Waals surface area contributed by atoms with Gasteiger partial charge in [-0.1, -0.05) is 35.5 Å². The molecule has 0 aliphatic heterocycles. The lowest BCUT2D eigenvalue weighted by atomic mass is 10.2. The summed E-state index contributed by atoms with van der Waals surface area (Å²) in [6.07, 6.45) is 0.965. The van der Waals surface area contributed by atoms with Crippen LogP contribution < -0.4 is 15.6 Å². The fraction of sp³-hybridized carbons (Fsp3) is 0.150. The summed E-state index contributed by atoms with van der Waals surface area (Å²) in [7, 11) is -2.74. The quantitative estimate of drug-likeness (QED) is 0.394. The molecular formula is C20H18ClN3O5S2. The van der Waals surface area contributed by atoms with E-state index in [-0.39, 0.29) is 26.7 Å². The molecule has 0 atom stereocenters. The maximum atomic E-state index is 12.8. The number of halogens is 1. The Kier molecular flexibility index (Phi) is 7.04. The highest BCUT2D eigenvalue weighted by Gasteiger charge is 2.23. The van der Waals surface area contributed by atoms with Crippen LogP contribution in [0.25, 0.3) is 0 Å². The number of benzene rings is 2. The molecule has 3 rings (SSSR count). The van der Waals surface area contributed by atoms with Crippen LogP contribution in [-0.2, 0) is 14.6 Å². The predicted molar refractivity (Wildman–Crippen MR) is 119 cm³/mol. The van der Waals surface area contributed by atoms with Gasteiger partial charge in [0.05, 0.1) is 29.0 Å². The van der Waals surface area contributed by atoms with Gasteiger partial charge in [0.15, 0.2) is 10.1 Å². The number of hydrogen-bond acceptors (Lipinski definition) is 7. The summed E-state index contributed by atoms with van der Waals surface area (Å²) >= 11 is 6.97. The molecule has 1 amide bonds. The average molecular weight is 480 g/mol. The third-order valence-corrected chi connectivity index (χ3v) is 7.04. The number of anilines is 1. The SMILES string of the molecule is COc1ccc(S(=O)(=O)c2cnc(SCC(=O)Nc3cccc(C)c3)[nH]c2=O)cc1Cl. The Labute approximate surface area is 187 Å². The number of carbonyl (C=O) groups is 1. The number of aromatic nitrogens is 2. The lowest BCUT2D eigenvalue weighted by molar-refractivity contribution is -0.113. The molecule has 0 saturated heterocycles. The number of hydrogen-bond donors (Lipinski definition) is 2. The maximum Gasteiger partial charge on any atom is 0.270 e. The van der Waals surface area contributed by atoms with Gasteiger partial charge in [-0.2, -0.15) is 0 Å². The second-order valence-corrected chi connectivity index (χ2v) is 9.68. The van der Waals surface area contributed by atoms with Crippen LogP contribution in [0.5, 0.6) is 5.75 Å². The molecular weight excluding hydrogens is 462 g/mol. The summed E-state index contributed by atoms with van der Waals surface area (Å²) in [5, 5.41) is 2.96. The van der Waals surface area contributed by atoms with Gasteiger partial charge < -0.3 is 15.0 Å². The smallest absolute Gasteiger partial charge is 0.270 e. The molecule has 162 valence electrons. The van der Waals surface area contributed by atoms with Crippen LogP contribution in [0.4, 0.5) is 5.69 Å². The van der Waals surface area contributed by atoms with E-state index in [1.807, 2.05) is 25.1 Å². The van der Waals surface area contributed by atoms with E-state index in [1.54, 1.807) is 6.07 Å². The minimum Gasteiger partial charge on any atom is -0.495 e. The van der Waals surface area contributed by atoms with Crippen molar-refractivity contribution >= 4 is 44.8 Å². The summed E-state index contributed by atoms with van der Waals surface area (Å²) in [4.78, 5) is 30.2. The van der Waals surface area contributed by atoms with E-state index in [0.29, 0.717) is 11.4 Å². The molecule has 0 aliphatic rings. The molecule has 0 fully saturated rings. The third kappa shape index (κ3) is 5.46. The zero-order chi connectivity index (χ0) is 22.6. The van der Waals surface area contributed by atoms with Crippen molar-refractivity contribution in [2.24, 2.45) is 0 Å². The van der Waals surface area contributed by atoms with Crippen LogP contribution in [0, 0.1) is 6.92 Å². The first-order chi connectivity index (χ1) is 14.7. The molecule has 3 aromatic rings. The van der Waals surface area contributed by atoms with Gasteiger partial charge in [0, 0.05) is 5.69 Å². The topological polar surface area (TPSA) is 118 Å². The van der Waals surface area contributed by atoms with Crippen LogP contribution in [0.3, 0.4) is 0 Å². The van der Waals surface area contributed by atoms with Crippen molar-refractivity contribution < 1.29 is 17.9 Å². The second kappa shape index (κ2) is 9.54. The molecule has 31 heavy (non-hydrogen) atoms. The lowest BCUT2D eigenvalue weighted by Crippen LogP contribution is -2.20. The molecule has 8 nitrogen and oxygen atoms in total. The fourth-order valence-electron chi connectivity index (χ4n) is 2.63. The Morgan fingerprint density at radius 3 is 2.68 bits per heavy atom. The zero-order valence-electron chi connectivity index (χ0n) is 16.5. The first-order valence-electron chi connectivity index (χ1n) is 8.88. The van der Waals surface area contributed by atoms with E-state index < -0.39 is 20.3 Å². The van der Waals surface area contributed by atoms with E-state index in [1.165, 1.54) is 25.3 Å². The number of nitrogens with zero attached hydrogens (tertiary/aromatic N) is 1. The Bertz CT molecular complexity index is 1290. The van der Waals surface area contributed by atoms with Crippen molar-refractivity contribution in [1.82, 2.24) is 9.97 Å². The molecule has 0 spiro atoms. The summed E-state index contributed by atoms with van der Waals surface area (Å²) in [5.41, 5.74) is 0.821. The molecule has 0 bridgehead atoms. The van der Waals surface area contributed by atoms with Gasteiger partial charge in [-0.15, -0.1) is 0 Å². The van der Waals surface area contributed by atoms with Crippen LogP contribution in [0.1, 0.15) is 5.56 Å². The highest BCUT2D eigenvalue weighted by molar-refractivity contribution is 7.99. The van der Waals surface area contributed by atoms with Gasteiger partial charge in [-0.25, -0.2) is 13.4 Å². The molecule has 1 heterocycles. The fourth-order valence-corrected chi connectivity index (χ4v) is 4.84. The summed E-state index contributed by atoms with van der Waals surface area (Å²) in [6.45, 7) is 1.91. The number of rotatable bonds is 7. The van der Waals surface area contributed by atoms with Gasteiger partial charge in [0.25, 0.3) is 5.56 Å². The number of ether oxygens (including phenoxy) is 1. The van der Waals surface area contributed by atoms with Crippen LogP contribution in [0.15, 0.2) is 68.4 Å². The van der Waals surface area contributed by atoms with Crippen molar-refractivity contribution in [3.63, 3.8) is 0 Å². The second-order valence-electron chi connectivity index (χ2n) is 6.39. The molecule has 2 N–H and O–H groups in total. The van der Waals surface area contributed by atoms with Crippen molar-refractivity contribution in [2.75, 3.05) is 18.2 Å². The Morgan fingerprint density at radius 1 is 1.26 bits per heavy atom. The average Bonchev–Trinajstić information content (AvgIpc) is 2.72. The Hall–Kier alpha value is -2.82. The molecule has 0 aliphatic carbocycles. The lowest BCUT2D eigenvalue weighted by Gasteiger charge is -2.08. The molecule has 2 aromatic carbocycles. The minimum atomic E-state index is -4.14. The molecule has 0 saturated carbocycles. The molecule has 0 radical (unpaired) electrons. The Morgan fingerprint density at radius 2 is 2.03 bits per heavy atom. The van der Waals surface area contributed by atoms with Crippen molar-refractivity contribution in [3.05, 3.63) is 69.6 Å². The van der Waals surface area contributed by atoms with Gasteiger partial charge in [0.1, 0.15) is 5.75 Å². The van der Waals surface area contributed by atoms with E-state index in [4.69, 9.17) is 16.3 Å². The number of methoxy groups -OCH3 is 1. The standard InChI is InChI=1S/C20H18ClN3O5S2/c1-12-4-3-5-13(8-12)23-18(25)11-30-20-22-10-17(19(26)24-20)31(27,28)14-6-7-16(29-2)15(21)9-14/h3-10H,11H2,1-2H3,(H,23,25)(H,22,24,26). The van der Waals surface area contributed by atoms with Crippen LogP contribution in [0.2, 0.25) is 5.02 Å². The molecule has 0 unspecified atom stereocenters. The minimum absolute atomic E-state index is 0.0168. The van der Waals surface area contributed by atoms with Gasteiger partial charge in [-0.05, 0) is 42.8 Å². The summed E-state index contributed by atoms with van der Waals surface area (Å²) in [5.74, 6) is 0.00279. The van der Waals surface area contributed by atoms with E-state index in [9.17, 15) is 18.0 Å². The number of carbonyl (C=O) groups excluding carboxylic acids is 1. The number of H-pyrrole nitrogens is 1. The molecule has 1 aromatic heterocycles. The first-order valence-corrected chi connectivity index (χ1v) is 11.7. The van der Waals surface area contributed by atoms with Crippen molar-refractivity contribution in [3.8, 4) is 5.75 Å².